The van der Waals surface area contributed by atoms with E-state index in [1.54, 1.807) is 0 Å². The van der Waals surface area contributed by atoms with Gasteiger partial charge in [-0.05, 0) is 39.8 Å². The van der Waals surface area contributed by atoms with Crippen molar-refractivity contribution in [2.45, 2.75) is 37.8 Å². The summed E-state index contributed by atoms with van der Waals surface area (Å²) in [6.45, 7) is 1.84. The fraction of sp³-hybridized carbons (Fsp3) is 1.00. The second kappa shape index (κ2) is 5.58. The van der Waals surface area contributed by atoms with Gasteiger partial charge >= 0.3 is 0 Å². The average Bonchev–Trinajstić information content (AvgIpc) is 2.03. The molecule has 1 saturated carbocycles. The second-order valence-electron chi connectivity index (χ2n) is 4.22. The molecular weight excluding hydrogens is 164 g/mol. The molecule has 78 valence electrons. The van der Waals surface area contributed by atoms with Crippen LogP contribution in [-0.4, -0.2) is 44.3 Å². The van der Waals surface area contributed by atoms with Crippen molar-refractivity contribution < 1.29 is 4.74 Å². The highest BCUT2D eigenvalue weighted by atomic mass is 16.5. The standard InChI is InChI=1S/C10H22N2O/c1-12(2)6-7-13-10-5-3-4-9(11)8-10/h9-10H,3-8,11H2,1-2H3. The first-order chi connectivity index (χ1) is 6.18. The summed E-state index contributed by atoms with van der Waals surface area (Å²) in [5, 5.41) is 0. The molecule has 3 heteroatoms. The van der Waals surface area contributed by atoms with Crippen LogP contribution in [0.15, 0.2) is 0 Å². The van der Waals surface area contributed by atoms with Crippen molar-refractivity contribution in [3.63, 3.8) is 0 Å². The Balaban J connectivity index is 2.06. The maximum absolute atomic E-state index is 5.87. The zero-order valence-electron chi connectivity index (χ0n) is 8.83. The molecule has 0 aromatic rings. The van der Waals surface area contributed by atoms with Crippen LogP contribution >= 0.6 is 0 Å². The molecule has 2 unspecified atom stereocenters. The van der Waals surface area contributed by atoms with Gasteiger partial charge in [-0.1, -0.05) is 0 Å². The van der Waals surface area contributed by atoms with Gasteiger partial charge in [-0.25, -0.2) is 0 Å². The monoisotopic (exact) mass is 186 g/mol. The molecule has 1 aliphatic carbocycles. The van der Waals surface area contributed by atoms with Crippen LogP contribution in [0.5, 0.6) is 0 Å². The normalized spacial score (nSPS) is 29.5. The lowest BCUT2D eigenvalue weighted by Crippen LogP contribution is -2.33. The zero-order chi connectivity index (χ0) is 9.68. The Morgan fingerprint density at radius 2 is 2.15 bits per heavy atom. The van der Waals surface area contributed by atoms with Crippen molar-refractivity contribution >= 4 is 0 Å². The summed E-state index contributed by atoms with van der Waals surface area (Å²) in [4.78, 5) is 2.14. The number of hydrogen-bond acceptors (Lipinski definition) is 3. The minimum absolute atomic E-state index is 0.373. The third kappa shape index (κ3) is 4.60. The molecule has 0 aromatic heterocycles. The summed E-state index contributed by atoms with van der Waals surface area (Å²) in [6.07, 6.45) is 5.07. The second-order valence-corrected chi connectivity index (χ2v) is 4.22. The maximum atomic E-state index is 5.87. The summed E-state index contributed by atoms with van der Waals surface area (Å²) in [6, 6.07) is 0.373. The Labute approximate surface area is 81.2 Å². The fourth-order valence-electron chi connectivity index (χ4n) is 1.73. The molecular formula is C10H22N2O. The lowest BCUT2D eigenvalue weighted by Gasteiger charge is -2.27. The smallest absolute Gasteiger partial charge is 0.0596 e. The van der Waals surface area contributed by atoms with E-state index in [4.69, 9.17) is 10.5 Å². The molecule has 1 rings (SSSR count). The van der Waals surface area contributed by atoms with Crippen LogP contribution in [0.25, 0.3) is 0 Å². The zero-order valence-corrected chi connectivity index (χ0v) is 8.83. The Morgan fingerprint density at radius 1 is 1.38 bits per heavy atom. The van der Waals surface area contributed by atoms with Gasteiger partial charge in [-0.15, -0.1) is 0 Å². The molecule has 2 atom stereocenters. The molecule has 13 heavy (non-hydrogen) atoms. The molecule has 0 heterocycles. The number of nitrogens with zero attached hydrogens (tertiary/aromatic N) is 1. The van der Waals surface area contributed by atoms with Crippen molar-refractivity contribution in [1.29, 1.82) is 0 Å². The number of rotatable bonds is 4. The first-order valence-electron chi connectivity index (χ1n) is 5.20. The third-order valence-electron chi connectivity index (χ3n) is 2.56. The quantitative estimate of drug-likeness (QED) is 0.707. The number of likely N-dealkylation sites (N-methyl/N-ethyl adjacent to an activating group) is 1. The molecule has 0 spiro atoms. The van der Waals surface area contributed by atoms with Crippen molar-refractivity contribution in [2.24, 2.45) is 5.73 Å². The fourth-order valence-corrected chi connectivity index (χ4v) is 1.73. The number of ether oxygens (including phenoxy) is 1. The van der Waals surface area contributed by atoms with Gasteiger partial charge in [0.25, 0.3) is 0 Å². The topological polar surface area (TPSA) is 38.5 Å². The van der Waals surface area contributed by atoms with Crippen LogP contribution in [0.4, 0.5) is 0 Å². The van der Waals surface area contributed by atoms with Gasteiger partial charge in [0.15, 0.2) is 0 Å². The lowest BCUT2D eigenvalue weighted by atomic mass is 9.94. The van der Waals surface area contributed by atoms with Gasteiger partial charge in [-0.3, -0.25) is 0 Å². The minimum atomic E-state index is 0.373. The first kappa shape index (κ1) is 11.0. The molecule has 0 aromatic carbocycles. The van der Waals surface area contributed by atoms with Gasteiger partial charge in [0.1, 0.15) is 0 Å². The Kier molecular flexibility index (Phi) is 4.70. The van der Waals surface area contributed by atoms with Gasteiger partial charge in [0, 0.05) is 12.6 Å². The van der Waals surface area contributed by atoms with E-state index in [2.05, 4.69) is 19.0 Å². The van der Waals surface area contributed by atoms with Gasteiger partial charge in [-0.2, -0.15) is 0 Å². The molecule has 0 bridgehead atoms. The van der Waals surface area contributed by atoms with Crippen LogP contribution in [0, 0.1) is 0 Å². The molecule has 3 nitrogen and oxygen atoms in total. The van der Waals surface area contributed by atoms with E-state index >= 15 is 0 Å². The average molecular weight is 186 g/mol. The summed E-state index contributed by atoms with van der Waals surface area (Å²) in [5.74, 6) is 0. The van der Waals surface area contributed by atoms with Gasteiger partial charge in [0.2, 0.25) is 0 Å². The highest BCUT2D eigenvalue weighted by Gasteiger charge is 2.19. The van der Waals surface area contributed by atoms with Crippen LogP contribution in [0.2, 0.25) is 0 Å². The highest BCUT2D eigenvalue weighted by Crippen LogP contribution is 2.19. The first-order valence-corrected chi connectivity index (χ1v) is 5.20. The molecule has 0 amide bonds. The minimum Gasteiger partial charge on any atom is -0.377 e. The van der Waals surface area contributed by atoms with E-state index in [1.165, 1.54) is 19.3 Å². The van der Waals surface area contributed by atoms with E-state index in [0.29, 0.717) is 12.1 Å². The van der Waals surface area contributed by atoms with Gasteiger partial charge in [0.05, 0.1) is 12.7 Å². The Bertz CT molecular complexity index is 139. The molecule has 1 aliphatic rings. The van der Waals surface area contributed by atoms with E-state index in [0.717, 1.165) is 19.6 Å². The summed E-state index contributed by atoms with van der Waals surface area (Å²) >= 11 is 0. The van der Waals surface area contributed by atoms with E-state index in [-0.39, 0.29) is 0 Å². The van der Waals surface area contributed by atoms with Crippen molar-refractivity contribution in [1.82, 2.24) is 4.90 Å². The summed E-state index contributed by atoms with van der Waals surface area (Å²) in [5.41, 5.74) is 5.87. The highest BCUT2D eigenvalue weighted by molar-refractivity contribution is 4.75. The molecule has 0 radical (unpaired) electrons. The van der Waals surface area contributed by atoms with Crippen molar-refractivity contribution in [2.75, 3.05) is 27.2 Å². The summed E-state index contributed by atoms with van der Waals surface area (Å²) < 4.78 is 5.74. The van der Waals surface area contributed by atoms with E-state index in [1.807, 2.05) is 0 Å². The molecule has 1 fully saturated rings. The van der Waals surface area contributed by atoms with E-state index < -0.39 is 0 Å². The van der Waals surface area contributed by atoms with Crippen LogP contribution < -0.4 is 5.73 Å². The Hall–Kier alpha value is -0.120. The number of hydrogen-bond donors (Lipinski definition) is 1. The van der Waals surface area contributed by atoms with Crippen LogP contribution in [-0.2, 0) is 4.74 Å². The number of nitrogens with two attached hydrogens (primary N) is 1. The van der Waals surface area contributed by atoms with Crippen molar-refractivity contribution in [3.05, 3.63) is 0 Å². The molecule has 0 aliphatic heterocycles. The van der Waals surface area contributed by atoms with Crippen molar-refractivity contribution in [3.8, 4) is 0 Å². The largest absolute Gasteiger partial charge is 0.377 e. The third-order valence-corrected chi connectivity index (χ3v) is 2.56. The maximum Gasteiger partial charge on any atom is 0.0596 e. The molecule has 2 N–H and O–H groups in total. The van der Waals surface area contributed by atoms with Gasteiger partial charge < -0.3 is 15.4 Å². The molecule has 0 saturated heterocycles. The van der Waals surface area contributed by atoms with Crippen LogP contribution in [0.3, 0.4) is 0 Å². The van der Waals surface area contributed by atoms with Crippen LogP contribution in [0.1, 0.15) is 25.7 Å². The lowest BCUT2D eigenvalue weighted by molar-refractivity contribution is 0.0170. The Morgan fingerprint density at radius 3 is 2.77 bits per heavy atom. The SMILES string of the molecule is CN(C)CCOC1CCCC(N)C1. The van der Waals surface area contributed by atoms with E-state index in [9.17, 15) is 0 Å². The predicted molar refractivity (Wildman–Crippen MR) is 54.7 cm³/mol. The predicted octanol–water partition coefficient (Wildman–Crippen LogP) is 0.834. The summed E-state index contributed by atoms with van der Waals surface area (Å²) in [7, 11) is 4.13.